The van der Waals surface area contributed by atoms with Crippen molar-refractivity contribution in [1.29, 1.82) is 0 Å². The standard InChI is InChI=1S/C16H12ClF2NO3/c17-11-5-2-1-4-10(11)8-20-14(21)9-23-16(22)15-12(18)6-3-7-13(15)19/h1-7H,8-9H2,(H,20,21). The zero-order valence-electron chi connectivity index (χ0n) is 11.8. The van der Waals surface area contributed by atoms with E-state index in [0.29, 0.717) is 10.6 Å². The van der Waals surface area contributed by atoms with E-state index in [0.717, 1.165) is 18.2 Å². The summed E-state index contributed by atoms with van der Waals surface area (Å²) in [7, 11) is 0. The van der Waals surface area contributed by atoms with Gasteiger partial charge in [0.15, 0.2) is 6.61 Å². The zero-order valence-corrected chi connectivity index (χ0v) is 12.6. The van der Waals surface area contributed by atoms with Crippen LogP contribution in [0.1, 0.15) is 15.9 Å². The second-order valence-electron chi connectivity index (χ2n) is 4.54. The lowest BCUT2D eigenvalue weighted by Gasteiger charge is -2.08. The van der Waals surface area contributed by atoms with E-state index in [-0.39, 0.29) is 6.54 Å². The van der Waals surface area contributed by atoms with Crippen LogP contribution < -0.4 is 5.32 Å². The largest absolute Gasteiger partial charge is 0.452 e. The number of benzene rings is 2. The number of hydrogen-bond donors (Lipinski definition) is 1. The van der Waals surface area contributed by atoms with Crippen molar-refractivity contribution in [2.45, 2.75) is 6.54 Å². The molecule has 0 heterocycles. The van der Waals surface area contributed by atoms with E-state index in [1.165, 1.54) is 0 Å². The van der Waals surface area contributed by atoms with E-state index in [1.54, 1.807) is 24.3 Å². The van der Waals surface area contributed by atoms with Gasteiger partial charge in [0.05, 0.1) is 0 Å². The Balaban J connectivity index is 1.87. The van der Waals surface area contributed by atoms with Crippen LogP contribution in [0, 0.1) is 11.6 Å². The molecule has 0 radical (unpaired) electrons. The molecular formula is C16H12ClF2NO3. The van der Waals surface area contributed by atoms with Crippen LogP contribution in [0.5, 0.6) is 0 Å². The van der Waals surface area contributed by atoms with Gasteiger partial charge in [-0.2, -0.15) is 0 Å². The summed E-state index contributed by atoms with van der Waals surface area (Å²) in [5.74, 6) is -3.96. The molecule has 0 aromatic heterocycles. The number of rotatable bonds is 5. The van der Waals surface area contributed by atoms with Gasteiger partial charge in [0.1, 0.15) is 17.2 Å². The molecule has 2 aromatic rings. The average molecular weight is 340 g/mol. The summed E-state index contributed by atoms with van der Waals surface area (Å²) in [5.41, 5.74) is -0.139. The minimum Gasteiger partial charge on any atom is -0.452 e. The summed E-state index contributed by atoms with van der Waals surface area (Å²) in [6.07, 6.45) is 0. The van der Waals surface area contributed by atoms with Gasteiger partial charge in [-0.3, -0.25) is 4.79 Å². The second kappa shape index (κ2) is 7.69. The molecule has 1 N–H and O–H groups in total. The maximum atomic E-state index is 13.4. The van der Waals surface area contributed by atoms with Crippen LogP contribution in [0.2, 0.25) is 5.02 Å². The Morgan fingerprint density at radius 3 is 2.35 bits per heavy atom. The number of carbonyl (C=O) groups excluding carboxylic acids is 2. The van der Waals surface area contributed by atoms with Gasteiger partial charge in [0.25, 0.3) is 5.91 Å². The van der Waals surface area contributed by atoms with Crippen molar-refractivity contribution < 1.29 is 23.1 Å². The summed E-state index contributed by atoms with van der Waals surface area (Å²) >= 11 is 5.93. The van der Waals surface area contributed by atoms with Crippen molar-refractivity contribution in [2.75, 3.05) is 6.61 Å². The normalized spacial score (nSPS) is 10.2. The summed E-state index contributed by atoms with van der Waals surface area (Å²) < 4.78 is 31.4. The van der Waals surface area contributed by atoms with E-state index < -0.39 is 35.7 Å². The highest BCUT2D eigenvalue weighted by Gasteiger charge is 2.19. The molecular weight excluding hydrogens is 328 g/mol. The van der Waals surface area contributed by atoms with Gasteiger partial charge >= 0.3 is 5.97 Å². The van der Waals surface area contributed by atoms with E-state index >= 15 is 0 Å². The van der Waals surface area contributed by atoms with Crippen LogP contribution in [0.25, 0.3) is 0 Å². The number of ether oxygens (including phenoxy) is 1. The van der Waals surface area contributed by atoms with Crippen molar-refractivity contribution in [2.24, 2.45) is 0 Å². The molecule has 0 aliphatic rings. The first kappa shape index (κ1) is 16.9. The van der Waals surface area contributed by atoms with Gasteiger partial charge in [0.2, 0.25) is 0 Å². The van der Waals surface area contributed by atoms with Crippen LogP contribution in [-0.2, 0) is 16.1 Å². The first-order chi connectivity index (χ1) is 11.0. The SMILES string of the molecule is O=C(COC(=O)c1c(F)cccc1F)NCc1ccccc1Cl. The number of carbonyl (C=O) groups is 2. The fourth-order valence-corrected chi connectivity index (χ4v) is 1.99. The number of esters is 1. The van der Waals surface area contributed by atoms with Crippen LogP contribution in [0.3, 0.4) is 0 Å². The molecule has 23 heavy (non-hydrogen) atoms. The van der Waals surface area contributed by atoms with Crippen molar-refractivity contribution in [3.05, 3.63) is 70.2 Å². The van der Waals surface area contributed by atoms with Crippen molar-refractivity contribution >= 4 is 23.5 Å². The van der Waals surface area contributed by atoms with Crippen molar-refractivity contribution in [3.63, 3.8) is 0 Å². The average Bonchev–Trinajstić information content (AvgIpc) is 2.52. The Bertz CT molecular complexity index is 717. The van der Waals surface area contributed by atoms with Gasteiger partial charge in [-0.1, -0.05) is 35.9 Å². The van der Waals surface area contributed by atoms with Crippen molar-refractivity contribution in [3.8, 4) is 0 Å². The van der Waals surface area contributed by atoms with Crippen LogP contribution >= 0.6 is 11.6 Å². The fourth-order valence-electron chi connectivity index (χ4n) is 1.78. The lowest BCUT2D eigenvalue weighted by molar-refractivity contribution is -0.124. The van der Waals surface area contributed by atoms with Gasteiger partial charge in [0, 0.05) is 11.6 Å². The van der Waals surface area contributed by atoms with Gasteiger partial charge < -0.3 is 10.1 Å². The maximum absolute atomic E-state index is 13.4. The van der Waals surface area contributed by atoms with Gasteiger partial charge in [-0.25, -0.2) is 13.6 Å². The highest BCUT2D eigenvalue weighted by Crippen LogP contribution is 2.15. The first-order valence-electron chi connectivity index (χ1n) is 6.60. The Labute approximate surface area is 136 Å². The Morgan fingerprint density at radius 1 is 1.04 bits per heavy atom. The molecule has 0 fully saturated rings. The molecule has 7 heteroatoms. The molecule has 0 atom stereocenters. The summed E-state index contributed by atoms with van der Waals surface area (Å²) in [6, 6.07) is 9.88. The highest BCUT2D eigenvalue weighted by molar-refractivity contribution is 6.31. The third-order valence-electron chi connectivity index (χ3n) is 2.94. The highest BCUT2D eigenvalue weighted by atomic mass is 35.5. The summed E-state index contributed by atoms with van der Waals surface area (Å²) in [4.78, 5) is 23.2. The van der Waals surface area contributed by atoms with E-state index in [4.69, 9.17) is 11.6 Å². The molecule has 0 aliphatic heterocycles. The molecule has 2 rings (SSSR count). The molecule has 120 valence electrons. The smallest absolute Gasteiger partial charge is 0.344 e. The monoisotopic (exact) mass is 339 g/mol. The van der Waals surface area contributed by atoms with Crippen LogP contribution in [0.15, 0.2) is 42.5 Å². The zero-order chi connectivity index (χ0) is 16.8. The minimum atomic E-state index is -1.24. The predicted octanol–water partition coefficient (Wildman–Crippen LogP) is 3.09. The molecule has 0 aliphatic carbocycles. The summed E-state index contributed by atoms with van der Waals surface area (Å²) in [5, 5.41) is 2.97. The maximum Gasteiger partial charge on any atom is 0.344 e. The molecule has 0 spiro atoms. The molecule has 4 nitrogen and oxygen atoms in total. The number of hydrogen-bond acceptors (Lipinski definition) is 3. The quantitative estimate of drug-likeness (QED) is 0.852. The number of nitrogens with one attached hydrogen (secondary N) is 1. The summed E-state index contributed by atoms with van der Waals surface area (Å²) in [6.45, 7) is -0.513. The van der Waals surface area contributed by atoms with Crippen molar-refractivity contribution in [1.82, 2.24) is 5.32 Å². The second-order valence-corrected chi connectivity index (χ2v) is 4.95. The molecule has 1 amide bonds. The van der Waals surface area contributed by atoms with E-state index in [9.17, 15) is 18.4 Å². The van der Waals surface area contributed by atoms with Crippen LogP contribution in [-0.4, -0.2) is 18.5 Å². The Morgan fingerprint density at radius 2 is 1.70 bits per heavy atom. The third kappa shape index (κ3) is 4.50. The predicted molar refractivity (Wildman–Crippen MR) is 79.9 cm³/mol. The molecule has 0 saturated heterocycles. The Hall–Kier alpha value is -2.47. The third-order valence-corrected chi connectivity index (χ3v) is 3.30. The van der Waals surface area contributed by atoms with E-state index in [1.807, 2.05) is 0 Å². The molecule has 0 bridgehead atoms. The van der Waals surface area contributed by atoms with E-state index in [2.05, 4.69) is 10.1 Å². The lowest BCUT2D eigenvalue weighted by atomic mass is 10.2. The lowest BCUT2D eigenvalue weighted by Crippen LogP contribution is -2.28. The van der Waals surface area contributed by atoms with Gasteiger partial charge in [-0.15, -0.1) is 0 Å². The Kier molecular flexibility index (Phi) is 5.65. The van der Waals surface area contributed by atoms with Crippen LogP contribution in [0.4, 0.5) is 8.78 Å². The topological polar surface area (TPSA) is 55.4 Å². The molecule has 0 saturated carbocycles. The molecule has 2 aromatic carbocycles. The fraction of sp³-hybridized carbons (Fsp3) is 0.125. The molecule has 0 unspecified atom stereocenters. The number of amides is 1. The van der Waals surface area contributed by atoms with Gasteiger partial charge in [-0.05, 0) is 23.8 Å². The first-order valence-corrected chi connectivity index (χ1v) is 6.98. The number of halogens is 3. The minimum absolute atomic E-state index is 0.143.